The first-order chi connectivity index (χ1) is 11.0. The van der Waals surface area contributed by atoms with E-state index in [0.29, 0.717) is 12.1 Å². The van der Waals surface area contributed by atoms with Crippen molar-refractivity contribution in [2.75, 3.05) is 7.11 Å². The number of benzene rings is 2. The van der Waals surface area contributed by atoms with Gasteiger partial charge in [-0.05, 0) is 35.4 Å². The Kier molecular flexibility index (Phi) is 4.59. The van der Waals surface area contributed by atoms with Crippen molar-refractivity contribution < 1.29 is 35.9 Å². The Morgan fingerprint density at radius 2 is 1.38 bits per heavy atom. The van der Waals surface area contributed by atoms with Crippen molar-refractivity contribution in [3.8, 4) is 11.1 Å². The maximum atomic E-state index is 12.9. The molecule has 0 unspecified atom stereocenters. The Bertz CT molecular complexity index is 730. The van der Waals surface area contributed by atoms with Crippen LogP contribution in [0.1, 0.15) is 21.5 Å². The van der Waals surface area contributed by atoms with Gasteiger partial charge in [-0.25, -0.2) is 4.79 Å². The molecule has 0 spiro atoms. The summed E-state index contributed by atoms with van der Waals surface area (Å²) in [4.78, 5) is 11.7. The Hall–Kier alpha value is -2.51. The van der Waals surface area contributed by atoms with Crippen LogP contribution in [0.15, 0.2) is 42.5 Å². The third kappa shape index (κ3) is 3.69. The minimum Gasteiger partial charge on any atom is -0.465 e. The van der Waals surface area contributed by atoms with Gasteiger partial charge in [0.25, 0.3) is 0 Å². The smallest absolute Gasteiger partial charge is 0.416 e. The molecular formula is C16H10F6O2. The second kappa shape index (κ2) is 6.18. The topological polar surface area (TPSA) is 26.3 Å². The maximum Gasteiger partial charge on any atom is 0.416 e. The fourth-order valence-corrected chi connectivity index (χ4v) is 2.13. The number of carbonyl (C=O) groups is 1. The summed E-state index contributed by atoms with van der Waals surface area (Å²) >= 11 is 0. The van der Waals surface area contributed by atoms with Crippen LogP contribution in [0.2, 0.25) is 0 Å². The van der Waals surface area contributed by atoms with E-state index < -0.39 is 29.4 Å². The van der Waals surface area contributed by atoms with Crippen molar-refractivity contribution >= 4 is 5.97 Å². The molecule has 2 rings (SSSR count). The van der Waals surface area contributed by atoms with Crippen LogP contribution in [0.25, 0.3) is 11.1 Å². The predicted octanol–water partition coefficient (Wildman–Crippen LogP) is 5.18. The fraction of sp³-hybridized carbons (Fsp3) is 0.188. The van der Waals surface area contributed by atoms with Crippen LogP contribution in [0.5, 0.6) is 0 Å². The van der Waals surface area contributed by atoms with Gasteiger partial charge in [-0.3, -0.25) is 0 Å². The summed E-state index contributed by atoms with van der Waals surface area (Å²) in [5, 5.41) is 0. The van der Waals surface area contributed by atoms with E-state index in [1.807, 2.05) is 0 Å². The first-order valence-electron chi connectivity index (χ1n) is 6.51. The van der Waals surface area contributed by atoms with Gasteiger partial charge < -0.3 is 4.74 Å². The van der Waals surface area contributed by atoms with Gasteiger partial charge in [-0.2, -0.15) is 26.3 Å². The highest BCUT2D eigenvalue weighted by Gasteiger charge is 2.37. The molecule has 0 aliphatic heterocycles. The number of halogens is 6. The lowest BCUT2D eigenvalue weighted by Gasteiger charge is -2.15. The molecule has 2 aromatic carbocycles. The van der Waals surface area contributed by atoms with Gasteiger partial charge in [0.15, 0.2) is 0 Å². The Labute approximate surface area is 132 Å². The molecule has 0 bridgehead atoms. The zero-order valence-corrected chi connectivity index (χ0v) is 12.1. The van der Waals surface area contributed by atoms with E-state index in [9.17, 15) is 31.1 Å². The molecule has 0 N–H and O–H groups in total. The lowest BCUT2D eigenvalue weighted by Crippen LogP contribution is -2.11. The van der Waals surface area contributed by atoms with E-state index in [0.717, 1.165) is 7.11 Å². The first-order valence-corrected chi connectivity index (χ1v) is 6.51. The number of carbonyl (C=O) groups excluding carboxylic acids is 1. The SMILES string of the molecule is COC(=O)c1ccccc1-c1cc(C(F)(F)F)cc(C(F)(F)F)c1. The van der Waals surface area contributed by atoms with Crippen LogP contribution >= 0.6 is 0 Å². The van der Waals surface area contributed by atoms with Gasteiger partial charge in [0.2, 0.25) is 0 Å². The number of rotatable bonds is 2. The van der Waals surface area contributed by atoms with Gasteiger partial charge in [0.05, 0.1) is 23.8 Å². The normalized spacial score (nSPS) is 12.1. The summed E-state index contributed by atoms with van der Waals surface area (Å²) in [5.41, 5.74) is -3.49. The summed E-state index contributed by atoms with van der Waals surface area (Å²) in [6.07, 6.45) is -9.92. The molecule has 0 heterocycles. The van der Waals surface area contributed by atoms with Gasteiger partial charge in [-0.15, -0.1) is 0 Å². The Balaban J connectivity index is 2.74. The van der Waals surface area contributed by atoms with Crippen molar-refractivity contribution in [1.29, 1.82) is 0 Å². The number of methoxy groups -OCH3 is 1. The molecule has 0 aromatic heterocycles. The van der Waals surface area contributed by atoms with Crippen molar-refractivity contribution in [2.24, 2.45) is 0 Å². The highest BCUT2D eigenvalue weighted by atomic mass is 19.4. The number of ether oxygens (including phenoxy) is 1. The largest absolute Gasteiger partial charge is 0.465 e. The monoisotopic (exact) mass is 348 g/mol. The van der Waals surface area contributed by atoms with Gasteiger partial charge in [0.1, 0.15) is 0 Å². The second-order valence-corrected chi connectivity index (χ2v) is 4.83. The average molecular weight is 348 g/mol. The summed E-state index contributed by atoms with van der Waals surface area (Å²) in [7, 11) is 1.06. The zero-order chi connectivity index (χ0) is 18.1. The molecule has 128 valence electrons. The van der Waals surface area contributed by atoms with Gasteiger partial charge in [-0.1, -0.05) is 18.2 Å². The molecule has 0 radical (unpaired) electrons. The minimum atomic E-state index is -4.96. The van der Waals surface area contributed by atoms with Crippen LogP contribution in [-0.4, -0.2) is 13.1 Å². The standard InChI is InChI=1S/C16H10F6O2/c1-24-14(23)13-5-3-2-4-12(13)9-6-10(15(17,18)19)8-11(7-9)16(20,21)22/h2-8H,1H3. The zero-order valence-electron chi connectivity index (χ0n) is 12.1. The van der Waals surface area contributed by atoms with Crippen LogP contribution in [0.3, 0.4) is 0 Å². The Morgan fingerprint density at radius 3 is 1.83 bits per heavy atom. The molecular weight excluding hydrogens is 338 g/mol. The van der Waals surface area contributed by atoms with Crippen molar-refractivity contribution in [3.05, 3.63) is 59.2 Å². The second-order valence-electron chi connectivity index (χ2n) is 4.83. The van der Waals surface area contributed by atoms with Crippen LogP contribution in [0, 0.1) is 0 Å². The number of hydrogen-bond donors (Lipinski definition) is 0. The Morgan fingerprint density at radius 1 is 0.875 bits per heavy atom. The minimum absolute atomic E-state index is 0.0320. The third-order valence-electron chi connectivity index (χ3n) is 3.23. The van der Waals surface area contributed by atoms with E-state index in [2.05, 4.69) is 4.74 Å². The van der Waals surface area contributed by atoms with E-state index >= 15 is 0 Å². The molecule has 0 saturated carbocycles. The number of alkyl halides is 6. The lowest BCUT2D eigenvalue weighted by atomic mass is 9.95. The average Bonchev–Trinajstić information content (AvgIpc) is 2.52. The van der Waals surface area contributed by atoms with Crippen LogP contribution < -0.4 is 0 Å². The van der Waals surface area contributed by atoms with Crippen molar-refractivity contribution in [3.63, 3.8) is 0 Å². The van der Waals surface area contributed by atoms with E-state index in [1.54, 1.807) is 0 Å². The quantitative estimate of drug-likeness (QED) is 0.552. The van der Waals surface area contributed by atoms with Crippen molar-refractivity contribution in [2.45, 2.75) is 12.4 Å². The first kappa shape index (κ1) is 17.8. The molecule has 24 heavy (non-hydrogen) atoms. The molecule has 0 fully saturated rings. The van der Waals surface area contributed by atoms with Gasteiger partial charge in [0, 0.05) is 0 Å². The molecule has 2 aromatic rings. The molecule has 2 nitrogen and oxygen atoms in total. The third-order valence-corrected chi connectivity index (χ3v) is 3.23. The van der Waals surface area contributed by atoms with E-state index in [-0.39, 0.29) is 22.8 Å². The van der Waals surface area contributed by atoms with Crippen molar-refractivity contribution in [1.82, 2.24) is 0 Å². The number of esters is 1. The predicted molar refractivity (Wildman–Crippen MR) is 73.2 cm³/mol. The summed E-state index contributed by atoms with van der Waals surface area (Å²) in [6, 6.07) is 6.50. The highest BCUT2D eigenvalue weighted by molar-refractivity contribution is 5.97. The van der Waals surface area contributed by atoms with Crippen LogP contribution in [-0.2, 0) is 17.1 Å². The molecule has 0 amide bonds. The molecule has 0 saturated heterocycles. The maximum absolute atomic E-state index is 12.9. The van der Waals surface area contributed by atoms with E-state index in [1.165, 1.54) is 24.3 Å². The van der Waals surface area contributed by atoms with Crippen LogP contribution in [0.4, 0.5) is 26.3 Å². The summed E-state index contributed by atoms with van der Waals surface area (Å²) < 4.78 is 82.0. The highest BCUT2D eigenvalue weighted by Crippen LogP contribution is 2.39. The van der Waals surface area contributed by atoms with Gasteiger partial charge >= 0.3 is 18.3 Å². The number of hydrogen-bond acceptors (Lipinski definition) is 2. The van der Waals surface area contributed by atoms with E-state index in [4.69, 9.17) is 0 Å². The lowest BCUT2D eigenvalue weighted by molar-refractivity contribution is -0.143. The molecule has 0 atom stereocenters. The summed E-state index contributed by atoms with van der Waals surface area (Å²) in [6.45, 7) is 0. The molecule has 0 aliphatic rings. The molecule has 0 aliphatic carbocycles. The summed E-state index contributed by atoms with van der Waals surface area (Å²) in [5.74, 6) is -0.864. The molecule has 8 heteroatoms. The fourth-order valence-electron chi connectivity index (χ4n) is 2.13.